The Morgan fingerprint density at radius 3 is 2.62 bits per heavy atom. The molecule has 0 bridgehead atoms. The van der Waals surface area contributed by atoms with Crippen LogP contribution in [0.3, 0.4) is 0 Å². The Kier molecular flexibility index (Phi) is 4.49. The van der Waals surface area contributed by atoms with Gasteiger partial charge in [-0.05, 0) is 40.0 Å². The topological polar surface area (TPSA) is 58.1 Å². The highest BCUT2D eigenvalue weighted by atomic mass is 16.2. The molecule has 1 aromatic rings. The number of rotatable bonds is 4. The fraction of sp³-hybridized carbons (Fsp3) is 0.688. The van der Waals surface area contributed by atoms with Crippen LogP contribution >= 0.6 is 0 Å². The Labute approximate surface area is 127 Å². The normalized spacial score (nSPS) is 14.0. The van der Waals surface area contributed by atoms with Gasteiger partial charge < -0.3 is 10.2 Å². The lowest BCUT2D eigenvalue weighted by Gasteiger charge is -2.25. The fourth-order valence-electron chi connectivity index (χ4n) is 2.68. The Bertz CT molecular complexity index is 534. The van der Waals surface area contributed by atoms with Crippen LogP contribution in [-0.4, -0.2) is 35.0 Å². The lowest BCUT2D eigenvalue weighted by Crippen LogP contribution is -2.45. The molecule has 5 nitrogen and oxygen atoms in total. The predicted octanol–water partition coefficient (Wildman–Crippen LogP) is 1.88. The molecule has 0 saturated carbocycles. The van der Waals surface area contributed by atoms with Crippen LogP contribution in [0.2, 0.25) is 0 Å². The van der Waals surface area contributed by atoms with Crippen LogP contribution in [0.15, 0.2) is 0 Å². The first-order chi connectivity index (χ1) is 9.80. The van der Waals surface area contributed by atoms with Gasteiger partial charge in [0.15, 0.2) is 0 Å². The second kappa shape index (κ2) is 6.00. The van der Waals surface area contributed by atoms with Crippen molar-refractivity contribution in [1.82, 2.24) is 15.3 Å². The van der Waals surface area contributed by atoms with Crippen molar-refractivity contribution in [3.63, 3.8) is 0 Å². The molecule has 1 heterocycles. The first-order valence-electron chi connectivity index (χ1n) is 7.71. The van der Waals surface area contributed by atoms with Gasteiger partial charge in [0.1, 0.15) is 11.6 Å². The van der Waals surface area contributed by atoms with Gasteiger partial charge in [-0.2, -0.15) is 0 Å². The van der Waals surface area contributed by atoms with E-state index in [1.807, 2.05) is 32.7 Å². The first kappa shape index (κ1) is 15.7. The zero-order valence-corrected chi connectivity index (χ0v) is 13.8. The van der Waals surface area contributed by atoms with E-state index in [4.69, 9.17) is 0 Å². The van der Waals surface area contributed by atoms with Crippen LogP contribution in [0.5, 0.6) is 0 Å². The second-order valence-electron chi connectivity index (χ2n) is 6.75. The highest BCUT2D eigenvalue weighted by Crippen LogP contribution is 2.28. The number of nitrogens with zero attached hydrogens (tertiary/aromatic N) is 3. The molecule has 0 atom stereocenters. The summed E-state index contributed by atoms with van der Waals surface area (Å²) in [6, 6.07) is 0. The molecule has 1 N–H and O–H groups in total. The molecule has 2 rings (SSSR count). The highest BCUT2D eigenvalue weighted by Gasteiger charge is 2.23. The van der Waals surface area contributed by atoms with E-state index < -0.39 is 0 Å². The monoisotopic (exact) mass is 290 g/mol. The third kappa shape index (κ3) is 3.93. The molecule has 0 aliphatic heterocycles. The fourth-order valence-corrected chi connectivity index (χ4v) is 2.68. The van der Waals surface area contributed by atoms with E-state index in [1.165, 1.54) is 11.3 Å². The maximum atomic E-state index is 12.1. The number of hydrogen-bond donors (Lipinski definition) is 1. The first-order valence-corrected chi connectivity index (χ1v) is 7.71. The molecule has 1 amide bonds. The van der Waals surface area contributed by atoms with Crippen LogP contribution in [-0.2, 0) is 24.1 Å². The van der Waals surface area contributed by atoms with Crippen LogP contribution < -0.4 is 10.2 Å². The standard InChI is InChI=1S/C16H26N4O/c1-6-13-17-12-9-7-8-11(12)15(18-13)20(5)10-14(21)19-16(2,3)4/h6-10H2,1-5H3,(H,19,21). The third-order valence-electron chi connectivity index (χ3n) is 3.53. The Morgan fingerprint density at radius 1 is 1.29 bits per heavy atom. The SMILES string of the molecule is CCc1nc2c(c(N(C)CC(=O)NC(C)(C)C)n1)CCC2. The van der Waals surface area contributed by atoms with E-state index >= 15 is 0 Å². The second-order valence-corrected chi connectivity index (χ2v) is 6.75. The Balaban J connectivity index is 2.17. The number of nitrogens with one attached hydrogen (secondary N) is 1. The summed E-state index contributed by atoms with van der Waals surface area (Å²) in [6.45, 7) is 8.35. The molecule has 0 radical (unpaired) electrons. The summed E-state index contributed by atoms with van der Waals surface area (Å²) in [7, 11) is 1.93. The molecule has 0 spiro atoms. The zero-order chi connectivity index (χ0) is 15.6. The lowest BCUT2D eigenvalue weighted by molar-refractivity contribution is -0.121. The van der Waals surface area contributed by atoms with Gasteiger partial charge in [-0.15, -0.1) is 0 Å². The highest BCUT2D eigenvalue weighted by molar-refractivity contribution is 5.81. The molecule has 1 aliphatic carbocycles. The molecule has 0 unspecified atom stereocenters. The van der Waals surface area contributed by atoms with Crippen molar-refractivity contribution in [2.75, 3.05) is 18.5 Å². The van der Waals surface area contributed by atoms with E-state index in [9.17, 15) is 4.79 Å². The van der Waals surface area contributed by atoms with E-state index in [2.05, 4.69) is 22.2 Å². The van der Waals surface area contributed by atoms with Crippen molar-refractivity contribution >= 4 is 11.7 Å². The molecule has 0 aromatic carbocycles. The van der Waals surface area contributed by atoms with Crippen molar-refractivity contribution in [2.45, 2.75) is 58.9 Å². The van der Waals surface area contributed by atoms with Crippen molar-refractivity contribution in [3.05, 3.63) is 17.1 Å². The number of aromatic nitrogens is 2. The molecule has 0 saturated heterocycles. The van der Waals surface area contributed by atoms with Crippen LogP contribution in [0, 0.1) is 0 Å². The maximum absolute atomic E-state index is 12.1. The molecular weight excluding hydrogens is 264 g/mol. The van der Waals surface area contributed by atoms with Crippen molar-refractivity contribution < 1.29 is 4.79 Å². The molecule has 116 valence electrons. The van der Waals surface area contributed by atoms with Gasteiger partial charge in [0.25, 0.3) is 0 Å². The minimum atomic E-state index is -0.208. The van der Waals surface area contributed by atoms with E-state index in [-0.39, 0.29) is 11.4 Å². The van der Waals surface area contributed by atoms with Crippen molar-refractivity contribution in [2.24, 2.45) is 0 Å². The number of hydrogen-bond acceptors (Lipinski definition) is 4. The lowest BCUT2D eigenvalue weighted by atomic mass is 10.1. The minimum absolute atomic E-state index is 0.0217. The average Bonchev–Trinajstić information content (AvgIpc) is 2.82. The number of likely N-dealkylation sites (N-methyl/N-ethyl adjacent to an activating group) is 1. The number of amides is 1. The van der Waals surface area contributed by atoms with Gasteiger partial charge >= 0.3 is 0 Å². The van der Waals surface area contributed by atoms with Crippen molar-refractivity contribution in [3.8, 4) is 0 Å². The third-order valence-corrected chi connectivity index (χ3v) is 3.53. The molecule has 5 heteroatoms. The van der Waals surface area contributed by atoms with Gasteiger partial charge in [-0.1, -0.05) is 6.92 Å². The quantitative estimate of drug-likeness (QED) is 0.920. The predicted molar refractivity (Wildman–Crippen MR) is 84.6 cm³/mol. The summed E-state index contributed by atoms with van der Waals surface area (Å²) < 4.78 is 0. The Hall–Kier alpha value is -1.65. The number of carbonyl (C=O) groups is 1. The molecule has 21 heavy (non-hydrogen) atoms. The zero-order valence-electron chi connectivity index (χ0n) is 13.8. The summed E-state index contributed by atoms with van der Waals surface area (Å²) in [5, 5.41) is 2.99. The summed E-state index contributed by atoms with van der Waals surface area (Å²) in [5.41, 5.74) is 2.18. The van der Waals surface area contributed by atoms with Gasteiger partial charge in [0.2, 0.25) is 5.91 Å². The van der Waals surface area contributed by atoms with Gasteiger partial charge in [-0.25, -0.2) is 9.97 Å². The van der Waals surface area contributed by atoms with E-state index in [0.717, 1.165) is 37.3 Å². The molecule has 1 aliphatic rings. The summed E-state index contributed by atoms with van der Waals surface area (Å²) in [6.07, 6.45) is 3.99. The van der Waals surface area contributed by atoms with Crippen molar-refractivity contribution in [1.29, 1.82) is 0 Å². The summed E-state index contributed by atoms with van der Waals surface area (Å²) in [4.78, 5) is 23.3. The molecular formula is C16H26N4O. The number of fused-ring (bicyclic) bond motifs is 1. The average molecular weight is 290 g/mol. The largest absolute Gasteiger partial charge is 0.350 e. The number of aryl methyl sites for hydroxylation is 2. The van der Waals surface area contributed by atoms with Gasteiger partial charge in [0, 0.05) is 30.3 Å². The van der Waals surface area contributed by atoms with Gasteiger partial charge in [-0.3, -0.25) is 4.79 Å². The summed E-state index contributed by atoms with van der Waals surface area (Å²) >= 11 is 0. The molecule has 0 fully saturated rings. The van der Waals surface area contributed by atoms with Crippen LogP contribution in [0.1, 0.15) is 51.2 Å². The molecule has 1 aromatic heterocycles. The van der Waals surface area contributed by atoms with E-state index in [1.54, 1.807) is 0 Å². The Morgan fingerprint density at radius 2 is 2.00 bits per heavy atom. The smallest absolute Gasteiger partial charge is 0.239 e. The van der Waals surface area contributed by atoms with Crippen LogP contribution in [0.4, 0.5) is 5.82 Å². The summed E-state index contributed by atoms with van der Waals surface area (Å²) in [5.74, 6) is 1.82. The van der Waals surface area contributed by atoms with Crippen LogP contribution in [0.25, 0.3) is 0 Å². The number of carbonyl (C=O) groups excluding carboxylic acids is 1. The maximum Gasteiger partial charge on any atom is 0.239 e. The van der Waals surface area contributed by atoms with E-state index in [0.29, 0.717) is 6.54 Å². The number of anilines is 1. The van der Waals surface area contributed by atoms with Gasteiger partial charge in [0.05, 0.1) is 6.54 Å². The minimum Gasteiger partial charge on any atom is -0.350 e.